The number of anilines is 1. The van der Waals surface area contributed by atoms with E-state index in [2.05, 4.69) is 24.1 Å². The van der Waals surface area contributed by atoms with E-state index < -0.39 is 0 Å². The third-order valence-electron chi connectivity index (χ3n) is 5.54. The second-order valence-electron chi connectivity index (χ2n) is 8.79. The summed E-state index contributed by atoms with van der Waals surface area (Å²) in [5, 5.41) is 2.88. The second-order valence-corrected chi connectivity index (χ2v) is 8.79. The number of aromatic nitrogens is 2. The minimum absolute atomic E-state index is 0.0542. The molecule has 0 fully saturated rings. The molecular weight excluding hydrogens is 431 g/mol. The lowest BCUT2D eigenvalue weighted by Crippen LogP contribution is -2.30. The summed E-state index contributed by atoms with van der Waals surface area (Å²) in [5.41, 5.74) is 3.89. The molecule has 3 aromatic carbocycles. The minimum atomic E-state index is -0.315. The average Bonchev–Trinajstić information content (AvgIpc) is 3.14. The third kappa shape index (κ3) is 4.83. The molecule has 0 aliphatic rings. The fourth-order valence-electron chi connectivity index (χ4n) is 4.00. The Morgan fingerprint density at radius 3 is 2.29 bits per heavy atom. The highest BCUT2D eigenvalue weighted by atomic mass is 19.1. The quantitative estimate of drug-likeness (QED) is 0.418. The number of amides is 2. The Balaban J connectivity index is 1.55. The molecule has 4 rings (SSSR count). The number of benzene rings is 3. The van der Waals surface area contributed by atoms with Crippen LogP contribution in [0.2, 0.25) is 0 Å². The van der Waals surface area contributed by atoms with Crippen molar-refractivity contribution in [3.8, 4) is 5.69 Å². The molecule has 0 saturated heterocycles. The van der Waals surface area contributed by atoms with Gasteiger partial charge in [0.2, 0.25) is 0 Å². The van der Waals surface area contributed by atoms with E-state index in [9.17, 15) is 14.0 Å². The van der Waals surface area contributed by atoms with Crippen LogP contribution in [0.3, 0.4) is 0 Å². The predicted octanol–water partition coefficient (Wildman–Crippen LogP) is 5.45. The van der Waals surface area contributed by atoms with E-state index in [1.54, 1.807) is 66.5 Å². The maximum absolute atomic E-state index is 13.4. The lowest BCUT2D eigenvalue weighted by Gasteiger charge is -2.19. The number of carbonyl (C=O) groups is 2. The van der Waals surface area contributed by atoms with Crippen molar-refractivity contribution in [2.75, 3.05) is 18.9 Å². The molecule has 1 aromatic heterocycles. The van der Waals surface area contributed by atoms with Gasteiger partial charge in [0.1, 0.15) is 11.6 Å². The van der Waals surface area contributed by atoms with Gasteiger partial charge in [0.05, 0.1) is 11.0 Å². The van der Waals surface area contributed by atoms with E-state index in [1.807, 2.05) is 11.5 Å². The van der Waals surface area contributed by atoms with Crippen LogP contribution in [-0.4, -0.2) is 39.9 Å². The number of nitrogens with one attached hydrogen (secondary N) is 1. The molecule has 34 heavy (non-hydrogen) atoms. The van der Waals surface area contributed by atoms with Crippen LogP contribution in [-0.2, 0) is 0 Å². The second kappa shape index (κ2) is 9.47. The molecule has 0 aliphatic carbocycles. The van der Waals surface area contributed by atoms with Crippen molar-refractivity contribution in [2.45, 2.75) is 20.8 Å². The number of aryl methyl sites for hydroxylation is 1. The van der Waals surface area contributed by atoms with Crippen molar-refractivity contribution in [1.29, 1.82) is 0 Å². The molecular formula is C27H27FN4O2. The lowest BCUT2D eigenvalue weighted by molar-refractivity contribution is 0.0779. The van der Waals surface area contributed by atoms with Crippen LogP contribution in [0.1, 0.15) is 40.4 Å². The Labute approximate surface area is 198 Å². The maximum atomic E-state index is 13.4. The van der Waals surface area contributed by atoms with Crippen molar-refractivity contribution in [1.82, 2.24) is 14.5 Å². The molecule has 0 saturated carbocycles. The van der Waals surface area contributed by atoms with Gasteiger partial charge >= 0.3 is 0 Å². The molecule has 0 spiro atoms. The van der Waals surface area contributed by atoms with E-state index in [4.69, 9.17) is 0 Å². The highest BCUT2D eigenvalue weighted by Crippen LogP contribution is 2.23. The third-order valence-corrected chi connectivity index (χ3v) is 5.54. The van der Waals surface area contributed by atoms with Crippen molar-refractivity contribution in [3.63, 3.8) is 0 Å². The SMILES string of the molecule is Cc1nc2ccc(C(=O)Nc3ccc(C(=O)N(C)CC(C)C)cc3)cc2n1-c1ccc(F)cc1. The number of rotatable bonds is 6. The van der Waals surface area contributed by atoms with Crippen LogP contribution in [0, 0.1) is 18.7 Å². The largest absolute Gasteiger partial charge is 0.341 e. The van der Waals surface area contributed by atoms with Gasteiger partial charge in [-0.25, -0.2) is 9.37 Å². The average molecular weight is 459 g/mol. The number of fused-ring (bicyclic) bond motifs is 1. The molecule has 0 atom stereocenters. The summed E-state index contributed by atoms with van der Waals surface area (Å²) < 4.78 is 15.3. The Hall–Kier alpha value is -4.00. The first-order chi connectivity index (χ1) is 16.2. The van der Waals surface area contributed by atoms with Gasteiger partial charge in [0, 0.05) is 36.1 Å². The van der Waals surface area contributed by atoms with E-state index in [0.29, 0.717) is 29.3 Å². The van der Waals surface area contributed by atoms with Gasteiger partial charge in [-0.2, -0.15) is 0 Å². The molecule has 174 valence electrons. The van der Waals surface area contributed by atoms with Crippen molar-refractivity contribution in [3.05, 3.63) is 89.5 Å². The number of carbonyl (C=O) groups excluding carboxylic acids is 2. The normalized spacial score (nSPS) is 11.1. The van der Waals surface area contributed by atoms with Gasteiger partial charge < -0.3 is 10.2 Å². The first-order valence-corrected chi connectivity index (χ1v) is 11.1. The van der Waals surface area contributed by atoms with Gasteiger partial charge in [0.25, 0.3) is 11.8 Å². The number of halogens is 1. The van der Waals surface area contributed by atoms with Gasteiger partial charge in [-0.05, 0) is 79.6 Å². The molecule has 1 heterocycles. The standard InChI is InChI=1S/C27H27FN4O2/c1-17(2)16-31(4)27(34)19-5-10-22(11-6-19)30-26(33)20-7-14-24-25(15-20)32(18(3)29-24)23-12-8-21(28)9-13-23/h5-15,17H,16H2,1-4H3,(H,30,33). The van der Waals surface area contributed by atoms with Crippen LogP contribution >= 0.6 is 0 Å². The van der Waals surface area contributed by atoms with Crippen LogP contribution in [0.25, 0.3) is 16.7 Å². The summed E-state index contributed by atoms with van der Waals surface area (Å²) in [6.45, 7) is 6.67. The summed E-state index contributed by atoms with van der Waals surface area (Å²) >= 11 is 0. The van der Waals surface area contributed by atoms with E-state index in [-0.39, 0.29) is 17.6 Å². The first-order valence-electron chi connectivity index (χ1n) is 11.1. The predicted molar refractivity (Wildman–Crippen MR) is 132 cm³/mol. The topological polar surface area (TPSA) is 67.2 Å². The van der Waals surface area contributed by atoms with Crippen LogP contribution in [0.15, 0.2) is 66.7 Å². The van der Waals surface area contributed by atoms with Gasteiger partial charge in [0.15, 0.2) is 0 Å². The van der Waals surface area contributed by atoms with E-state index in [1.165, 1.54) is 12.1 Å². The minimum Gasteiger partial charge on any atom is -0.341 e. The van der Waals surface area contributed by atoms with Crippen molar-refractivity contribution >= 4 is 28.5 Å². The number of hydrogen-bond acceptors (Lipinski definition) is 3. The molecule has 0 bridgehead atoms. The molecule has 0 unspecified atom stereocenters. The summed E-state index contributed by atoms with van der Waals surface area (Å²) in [7, 11) is 1.78. The highest BCUT2D eigenvalue weighted by molar-refractivity contribution is 6.06. The molecule has 1 N–H and O–H groups in total. The molecule has 2 amide bonds. The zero-order valence-electron chi connectivity index (χ0n) is 19.7. The summed E-state index contributed by atoms with van der Waals surface area (Å²) in [6.07, 6.45) is 0. The van der Waals surface area contributed by atoms with E-state index in [0.717, 1.165) is 22.5 Å². The Morgan fingerprint density at radius 1 is 1.00 bits per heavy atom. The molecule has 7 heteroatoms. The van der Waals surface area contributed by atoms with Crippen LogP contribution in [0.5, 0.6) is 0 Å². The fraction of sp³-hybridized carbons (Fsp3) is 0.222. The summed E-state index contributed by atoms with van der Waals surface area (Å²) in [5.74, 6) is 0.476. The van der Waals surface area contributed by atoms with Gasteiger partial charge in [-0.1, -0.05) is 13.8 Å². The monoisotopic (exact) mass is 458 g/mol. The summed E-state index contributed by atoms with van der Waals surface area (Å²) in [4.78, 5) is 31.7. The summed E-state index contributed by atoms with van der Waals surface area (Å²) in [6, 6.07) is 18.3. The highest BCUT2D eigenvalue weighted by Gasteiger charge is 2.15. The van der Waals surface area contributed by atoms with Gasteiger partial charge in [-0.3, -0.25) is 14.2 Å². The molecule has 0 radical (unpaired) electrons. The van der Waals surface area contributed by atoms with E-state index >= 15 is 0 Å². The fourth-order valence-corrected chi connectivity index (χ4v) is 4.00. The van der Waals surface area contributed by atoms with Crippen molar-refractivity contribution < 1.29 is 14.0 Å². The van der Waals surface area contributed by atoms with Gasteiger partial charge in [-0.15, -0.1) is 0 Å². The molecule has 0 aliphatic heterocycles. The smallest absolute Gasteiger partial charge is 0.255 e. The number of nitrogens with zero attached hydrogens (tertiary/aromatic N) is 3. The zero-order valence-corrected chi connectivity index (χ0v) is 19.7. The maximum Gasteiger partial charge on any atom is 0.255 e. The lowest BCUT2D eigenvalue weighted by atomic mass is 10.1. The Kier molecular flexibility index (Phi) is 6.45. The Bertz CT molecular complexity index is 1340. The Morgan fingerprint density at radius 2 is 1.65 bits per heavy atom. The van der Waals surface area contributed by atoms with Crippen molar-refractivity contribution in [2.24, 2.45) is 5.92 Å². The number of hydrogen-bond donors (Lipinski definition) is 1. The van der Waals surface area contributed by atoms with Crippen LogP contribution in [0.4, 0.5) is 10.1 Å². The molecule has 6 nitrogen and oxygen atoms in total. The zero-order chi connectivity index (χ0) is 24.4. The molecule has 4 aromatic rings. The van der Waals surface area contributed by atoms with Crippen LogP contribution < -0.4 is 5.32 Å². The first kappa shape index (κ1) is 23.2. The number of imidazole rings is 1.